The quantitative estimate of drug-likeness (QED) is 0.829. The second-order valence-corrected chi connectivity index (χ2v) is 6.88. The summed E-state index contributed by atoms with van der Waals surface area (Å²) in [7, 11) is 0. The standard InChI is InChI=1S/C18H24N6O/c1-13-12-20-17-15(4-3-7-24(13)17)18(25)23-10-8-22(9-11-23)16-5-6-19-14(2)21-16/h5-6,12,15H,3-4,7-11H2,1-2H3. The summed E-state index contributed by atoms with van der Waals surface area (Å²) in [4.78, 5) is 30.4. The molecule has 0 aromatic carbocycles. The minimum Gasteiger partial charge on any atom is -0.353 e. The van der Waals surface area contributed by atoms with Crippen LogP contribution in [0.2, 0.25) is 0 Å². The van der Waals surface area contributed by atoms with Crippen molar-refractivity contribution in [2.45, 2.75) is 39.2 Å². The molecule has 1 fully saturated rings. The van der Waals surface area contributed by atoms with Crippen molar-refractivity contribution in [1.29, 1.82) is 0 Å². The van der Waals surface area contributed by atoms with Crippen molar-refractivity contribution >= 4 is 11.7 Å². The summed E-state index contributed by atoms with van der Waals surface area (Å²) in [5, 5.41) is 0. The highest BCUT2D eigenvalue weighted by Crippen LogP contribution is 2.29. The summed E-state index contributed by atoms with van der Waals surface area (Å²) >= 11 is 0. The molecular formula is C18H24N6O. The van der Waals surface area contributed by atoms with Crippen molar-refractivity contribution in [3.63, 3.8) is 0 Å². The largest absolute Gasteiger partial charge is 0.353 e. The molecule has 132 valence electrons. The third-order valence-corrected chi connectivity index (χ3v) is 5.25. The van der Waals surface area contributed by atoms with E-state index in [2.05, 4.69) is 31.3 Å². The van der Waals surface area contributed by atoms with Gasteiger partial charge in [-0.1, -0.05) is 0 Å². The average Bonchev–Trinajstić information content (AvgIpc) is 3.03. The first-order valence-corrected chi connectivity index (χ1v) is 8.99. The fraction of sp³-hybridized carbons (Fsp3) is 0.556. The summed E-state index contributed by atoms with van der Waals surface area (Å²) in [5.74, 6) is 2.81. The number of amides is 1. The molecule has 0 saturated carbocycles. The molecule has 0 bridgehead atoms. The van der Waals surface area contributed by atoms with Crippen molar-refractivity contribution < 1.29 is 4.79 Å². The number of imidazole rings is 1. The molecule has 0 N–H and O–H groups in total. The van der Waals surface area contributed by atoms with Gasteiger partial charge in [-0.05, 0) is 32.8 Å². The van der Waals surface area contributed by atoms with E-state index in [4.69, 9.17) is 0 Å². The van der Waals surface area contributed by atoms with E-state index in [0.717, 1.165) is 68.7 Å². The molecule has 0 spiro atoms. The zero-order valence-corrected chi connectivity index (χ0v) is 14.9. The van der Waals surface area contributed by atoms with Crippen molar-refractivity contribution in [3.05, 3.63) is 35.8 Å². The second-order valence-electron chi connectivity index (χ2n) is 6.88. The Hall–Kier alpha value is -2.44. The SMILES string of the molecule is Cc1nccc(N2CCN(C(=O)C3CCCn4c(C)cnc43)CC2)n1. The van der Waals surface area contributed by atoms with Gasteiger partial charge in [0.1, 0.15) is 17.5 Å². The summed E-state index contributed by atoms with van der Waals surface area (Å²) in [6, 6.07) is 1.94. The Bertz CT molecular complexity index is 778. The molecule has 1 unspecified atom stereocenters. The Morgan fingerprint density at radius 1 is 1.12 bits per heavy atom. The van der Waals surface area contributed by atoms with E-state index in [1.807, 2.05) is 24.1 Å². The number of piperazine rings is 1. The maximum atomic E-state index is 13.1. The van der Waals surface area contributed by atoms with Gasteiger partial charge in [0.05, 0.1) is 5.92 Å². The van der Waals surface area contributed by atoms with Crippen LogP contribution in [-0.4, -0.2) is 56.5 Å². The molecule has 2 aliphatic rings. The fourth-order valence-electron chi connectivity index (χ4n) is 3.86. The van der Waals surface area contributed by atoms with Gasteiger partial charge in [0.15, 0.2) is 0 Å². The lowest BCUT2D eigenvalue weighted by Crippen LogP contribution is -2.50. The van der Waals surface area contributed by atoms with Crippen LogP contribution in [0.1, 0.15) is 36.1 Å². The van der Waals surface area contributed by atoms with Gasteiger partial charge in [-0.2, -0.15) is 0 Å². The van der Waals surface area contributed by atoms with Gasteiger partial charge >= 0.3 is 0 Å². The molecule has 7 nitrogen and oxygen atoms in total. The predicted octanol–water partition coefficient (Wildman–Crippen LogP) is 1.52. The Morgan fingerprint density at radius 2 is 1.92 bits per heavy atom. The Labute approximate surface area is 147 Å². The molecule has 2 aromatic heterocycles. The highest BCUT2D eigenvalue weighted by Gasteiger charge is 2.33. The van der Waals surface area contributed by atoms with E-state index in [-0.39, 0.29) is 11.8 Å². The number of hydrogen-bond acceptors (Lipinski definition) is 5. The average molecular weight is 340 g/mol. The van der Waals surface area contributed by atoms with Crippen LogP contribution in [0.25, 0.3) is 0 Å². The number of hydrogen-bond donors (Lipinski definition) is 0. The number of nitrogens with zero attached hydrogens (tertiary/aromatic N) is 6. The maximum absolute atomic E-state index is 13.1. The van der Waals surface area contributed by atoms with E-state index in [1.165, 1.54) is 0 Å². The lowest BCUT2D eigenvalue weighted by atomic mass is 9.97. The molecule has 4 rings (SSSR count). The molecule has 4 heterocycles. The highest BCUT2D eigenvalue weighted by molar-refractivity contribution is 5.83. The van der Waals surface area contributed by atoms with Crippen LogP contribution in [0, 0.1) is 13.8 Å². The lowest BCUT2D eigenvalue weighted by Gasteiger charge is -2.37. The number of aryl methyl sites for hydroxylation is 2. The van der Waals surface area contributed by atoms with Crippen molar-refractivity contribution in [3.8, 4) is 0 Å². The number of fused-ring (bicyclic) bond motifs is 1. The molecule has 1 atom stereocenters. The second kappa shape index (κ2) is 6.46. The van der Waals surface area contributed by atoms with Crippen LogP contribution >= 0.6 is 0 Å². The van der Waals surface area contributed by atoms with Gasteiger partial charge in [0, 0.05) is 50.8 Å². The fourth-order valence-corrected chi connectivity index (χ4v) is 3.86. The molecule has 0 aliphatic carbocycles. The Balaban J connectivity index is 1.44. The topological polar surface area (TPSA) is 67.2 Å². The molecule has 1 amide bonds. The van der Waals surface area contributed by atoms with Crippen molar-refractivity contribution in [2.24, 2.45) is 0 Å². The third kappa shape index (κ3) is 2.99. The van der Waals surface area contributed by atoms with Crippen molar-refractivity contribution in [1.82, 2.24) is 24.4 Å². The normalized spacial score (nSPS) is 20.5. The predicted molar refractivity (Wildman–Crippen MR) is 94.5 cm³/mol. The monoisotopic (exact) mass is 340 g/mol. The number of carbonyl (C=O) groups excluding carboxylic acids is 1. The van der Waals surface area contributed by atoms with Crippen molar-refractivity contribution in [2.75, 3.05) is 31.1 Å². The first-order chi connectivity index (χ1) is 12.1. The highest BCUT2D eigenvalue weighted by atomic mass is 16.2. The lowest BCUT2D eigenvalue weighted by molar-refractivity contribution is -0.133. The number of aromatic nitrogens is 4. The van der Waals surface area contributed by atoms with Gasteiger partial charge in [-0.15, -0.1) is 0 Å². The summed E-state index contributed by atoms with van der Waals surface area (Å²) in [6.45, 7) is 8.02. The van der Waals surface area contributed by atoms with Gasteiger partial charge in [0.25, 0.3) is 0 Å². The van der Waals surface area contributed by atoms with E-state index in [0.29, 0.717) is 0 Å². The van der Waals surface area contributed by atoms with E-state index >= 15 is 0 Å². The molecular weight excluding hydrogens is 316 g/mol. The van der Waals surface area contributed by atoms with Gasteiger partial charge in [-0.3, -0.25) is 4.79 Å². The van der Waals surface area contributed by atoms with Gasteiger partial charge in [-0.25, -0.2) is 15.0 Å². The maximum Gasteiger partial charge on any atom is 0.233 e. The Morgan fingerprint density at radius 3 is 2.68 bits per heavy atom. The molecule has 1 saturated heterocycles. The number of rotatable bonds is 2. The smallest absolute Gasteiger partial charge is 0.233 e. The zero-order chi connectivity index (χ0) is 17.4. The number of anilines is 1. The first-order valence-electron chi connectivity index (χ1n) is 8.99. The first kappa shape index (κ1) is 16.1. The summed E-state index contributed by atoms with van der Waals surface area (Å²) < 4.78 is 2.20. The molecule has 7 heteroatoms. The van der Waals surface area contributed by atoms with Crippen LogP contribution in [0.3, 0.4) is 0 Å². The third-order valence-electron chi connectivity index (χ3n) is 5.25. The van der Waals surface area contributed by atoms with Crippen LogP contribution in [0.4, 0.5) is 5.82 Å². The van der Waals surface area contributed by atoms with Crippen LogP contribution in [0.5, 0.6) is 0 Å². The molecule has 0 radical (unpaired) electrons. The molecule has 2 aliphatic heterocycles. The minimum atomic E-state index is -0.0877. The summed E-state index contributed by atoms with van der Waals surface area (Å²) in [5.41, 5.74) is 1.15. The van der Waals surface area contributed by atoms with E-state index in [1.54, 1.807) is 6.20 Å². The zero-order valence-electron chi connectivity index (χ0n) is 14.9. The van der Waals surface area contributed by atoms with Crippen LogP contribution < -0.4 is 4.90 Å². The number of carbonyl (C=O) groups is 1. The van der Waals surface area contributed by atoms with Crippen LogP contribution in [-0.2, 0) is 11.3 Å². The Kier molecular flexibility index (Phi) is 4.15. The van der Waals surface area contributed by atoms with E-state index < -0.39 is 0 Å². The van der Waals surface area contributed by atoms with E-state index in [9.17, 15) is 4.79 Å². The minimum absolute atomic E-state index is 0.0877. The molecule has 2 aromatic rings. The molecule has 25 heavy (non-hydrogen) atoms. The van der Waals surface area contributed by atoms with Gasteiger partial charge in [0.2, 0.25) is 5.91 Å². The van der Waals surface area contributed by atoms with Crippen LogP contribution in [0.15, 0.2) is 18.5 Å². The summed E-state index contributed by atoms with van der Waals surface area (Å²) in [6.07, 6.45) is 5.62. The van der Waals surface area contributed by atoms with Gasteiger partial charge < -0.3 is 14.4 Å².